The highest BCUT2D eigenvalue weighted by Gasteiger charge is 2.27. The van der Waals surface area contributed by atoms with Crippen molar-refractivity contribution < 1.29 is 23.5 Å². The van der Waals surface area contributed by atoms with Crippen molar-refractivity contribution in [2.75, 3.05) is 25.5 Å². The molecule has 0 aliphatic carbocycles. The summed E-state index contributed by atoms with van der Waals surface area (Å²) in [5, 5.41) is 7.15. The van der Waals surface area contributed by atoms with E-state index in [1.807, 2.05) is 30.3 Å². The summed E-state index contributed by atoms with van der Waals surface area (Å²) >= 11 is 0. The Bertz CT molecular complexity index is 1070. The number of carbonyl (C=O) groups is 3. The first-order chi connectivity index (χ1) is 13.6. The van der Waals surface area contributed by atoms with Crippen LogP contribution in [0.5, 0.6) is 5.75 Å². The molecule has 8 heteroatoms. The molecule has 0 saturated carbocycles. The van der Waals surface area contributed by atoms with Crippen molar-refractivity contribution in [3.05, 3.63) is 36.4 Å². The highest BCUT2D eigenvalue weighted by molar-refractivity contribution is 6.07. The minimum absolute atomic E-state index is 0.0136. The van der Waals surface area contributed by atoms with E-state index in [1.165, 1.54) is 7.11 Å². The minimum atomic E-state index is -0.414. The molecule has 1 aliphatic heterocycles. The fraction of sp³-hybridized carbons (Fsp3) is 0.250. The van der Waals surface area contributed by atoms with Crippen molar-refractivity contribution in [1.82, 2.24) is 10.2 Å². The number of carbonyl (C=O) groups excluding carboxylic acids is 3. The smallest absolute Gasteiger partial charge is 0.324 e. The molecule has 4 rings (SSSR count). The fourth-order valence-electron chi connectivity index (χ4n) is 3.31. The van der Waals surface area contributed by atoms with Crippen LogP contribution in [0.25, 0.3) is 21.9 Å². The Morgan fingerprint density at radius 3 is 2.79 bits per heavy atom. The second kappa shape index (κ2) is 7.22. The Balaban J connectivity index is 1.47. The molecule has 8 nitrogen and oxygen atoms in total. The van der Waals surface area contributed by atoms with Crippen molar-refractivity contribution in [1.29, 1.82) is 0 Å². The largest absolute Gasteiger partial charge is 0.495 e. The number of benzene rings is 2. The number of nitrogens with zero attached hydrogens (tertiary/aromatic N) is 1. The number of hydrogen-bond acceptors (Lipinski definition) is 5. The van der Waals surface area contributed by atoms with E-state index in [4.69, 9.17) is 9.15 Å². The lowest BCUT2D eigenvalue weighted by atomic mass is 10.1. The molecule has 1 aliphatic rings. The summed E-state index contributed by atoms with van der Waals surface area (Å²) in [6.45, 7) is 0.220. The zero-order chi connectivity index (χ0) is 19.7. The number of anilines is 1. The number of para-hydroxylation sites is 1. The zero-order valence-corrected chi connectivity index (χ0v) is 15.3. The molecule has 0 radical (unpaired) electrons. The number of hydrogen-bond donors (Lipinski definition) is 2. The van der Waals surface area contributed by atoms with Crippen LogP contribution in [-0.2, 0) is 9.59 Å². The lowest BCUT2D eigenvalue weighted by molar-refractivity contribution is -0.125. The molecule has 0 spiro atoms. The normalized spacial score (nSPS) is 14.0. The first-order valence-electron chi connectivity index (χ1n) is 8.94. The van der Waals surface area contributed by atoms with E-state index in [2.05, 4.69) is 10.6 Å². The minimum Gasteiger partial charge on any atom is -0.495 e. The van der Waals surface area contributed by atoms with E-state index < -0.39 is 6.03 Å². The van der Waals surface area contributed by atoms with Gasteiger partial charge in [0.15, 0.2) is 0 Å². The van der Waals surface area contributed by atoms with Crippen LogP contribution >= 0.6 is 0 Å². The van der Waals surface area contributed by atoms with Crippen molar-refractivity contribution in [2.24, 2.45) is 0 Å². The molecule has 4 amide bonds. The summed E-state index contributed by atoms with van der Waals surface area (Å²) in [5.41, 5.74) is 1.92. The summed E-state index contributed by atoms with van der Waals surface area (Å²) in [6.07, 6.45) is 0.540. The maximum Gasteiger partial charge on any atom is 0.324 e. The fourth-order valence-corrected chi connectivity index (χ4v) is 3.31. The number of amides is 4. The first kappa shape index (κ1) is 17.8. The van der Waals surface area contributed by atoms with Crippen LogP contribution in [0.1, 0.15) is 12.8 Å². The number of rotatable bonds is 6. The predicted molar refractivity (Wildman–Crippen MR) is 103 cm³/mol. The standard InChI is InChI=1S/C20H19N3O5/c1-27-17-9-13-12-5-2-3-6-15(12)28-16(13)10-14(17)22-18(24)7-4-8-23-19(25)11-21-20(23)26/h2-3,5-6,9-10H,4,7-8,11H2,1H3,(H,21,26)(H,22,24). The molecule has 2 aromatic carbocycles. The van der Waals surface area contributed by atoms with Crippen molar-refractivity contribution in [3.8, 4) is 5.75 Å². The van der Waals surface area contributed by atoms with Gasteiger partial charge < -0.3 is 19.8 Å². The van der Waals surface area contributed by atoms with E-state index in [1.54, 1.807) is 6.07 Å². The molecule has 0 atom stereocenters. The quantitative estimate of drug-likeness (QED) is 0.640. The van der Waals surface area contributed by atoms with E-state index in [-0.39, 0.29) is 31.3 Å². The Morgan fingerprint density at radius 1 is 1.21 bits per heavy atom. The average Bonchev–Trinajstić information content (AvgIpc) is 3.21. The highest BCUT2D eigenvalue weighted by Crippen LogP contribution is 2.36. The van der Waals surface area contributed by atoms with Crippen molar-refractivity contribution in [2.45, 2.75) is 12.8 Å². The van der Waals surface area contributed by atoms with Gasteiger partial charge in [-0.25, -0.2) is 4.79 Å². The molecule has 28 heavy (non-hydrogen) atoms. The topological polar surface area (TPSA) is 101 Å². The third-order valence-electron chi connectivity index (χ3n) is 4.70. The molecule has 1 saturated heterocycles. The van der Waals surface area contributed by atoms with Gasteiger partial charge in [-0.3, -0.25) is 14.5 Å². The van der Waals surface area contributed by atoms with E-state index in [0.29, 0.717) is 23.4 Å². The molecular formula is C20H19N3O5. The lowest BCUT2D eigenvalue weighted by Crippen LogP contribution is -2.32. The van der Waals surface area contributed by atoms with Gasteiger partial charge >= 0.3 is 6.03 Å². The number of imide groups is 1. The molecule has 1 fully saturated rings. The zero-order valence-electron chi connectivity index (χ0n) is 15.3. The number of nitrogens with one attached hydrogen (secondary N) is 2. The summed E-state index contributed by atoms with van der Waals surface area (Å²) in [5.74, 6) is 0.0183. The maximum absolute atomic E-state index is 12.3. The van der Waals surface area contributed by atoms with E-state index in [0.717, 1.165) is 21.3 Å². The van der Waals surface area contributed by atoms with Crippen LogP contribution < -0.4 is 15.4 Å². The van der Waals surface area contributed by atoms with Gasteiger partial charge in [-0.15, -0.1) is 0 Å². The molecular weight excluding hydrogens is 362 g/mol. The summed E-state index contributed by atoms with van der Waals surface area (Å²) in [7, 11) is 1.54. The second-order valence-corrected chi connectivity index (χ2v) is 6.50. The van der Waals surface area contributed by atoms with Crippen LogP contribution in [0.4, 0.5) is 10.5 Å². The van der Waals surface area contributed by atoms with Gasteiger partial charge in [-0.1, -0.05) is 18.2 Å². The lowest BCUT2D eigenvalue weighted by Gasteiger charge is -2.13. The number of methoxy groups -OCH3 is 1. The third kappa shape index (κ3) is 3.24. The maximum atomic E-state index is 12.3. The van der Waals surface area contributed by atoms with E-state index >= 15 is 0 Å². The van der Waals surface area contributed by atoms with Crippen LogP contribution in [0, 0.1) is 0 Å². The first-order valence-corrected chi connectivity index (χ1v) is 8.94. The molecule has 0 bridgehead atoms. The summed E-state index contributed by atoms with van der Waals surface area (Å²) in [6, 6.07) is 10.8. The average molecular weight is 381 g/mol. The molecule has 144 valence electrons. The molecule has 2 heterocycles. The summed E-state index contributed by atoms with van der Waals surface area (Å²) in [4.78, 5) is 36.5. The van der Waals surface area contributed by atoms with Gasteiger partial charge in [-0.2, -0.15) is 0 Å². The van der Waals surface area contributed by atoms with Gasteiger partial charge in [0.25, 0.3) is 0 Å². The predicted octanol–water partition coefficient (Wildman–Crippen LogP) is 2.87. The Kier molecular flexibility index (Phi) is 4.60. The number of fused-ring (bicyclic) bond motifs is 3. The van der Waals surface area contributed by atoms with Crippen molar-refractivity contribution >= 4 is 45.5 Å². The second-order valence-electron chi connectivity index (χ2n) is 6.50. The molecule has 2 N–H and O–H groups in total. The monoisotopic (exact) mass is 381 g/mol. The number of furan rings is 1. The number of ether oxygens (including phenoxy) is 1. The molecule has 0 unspecified atom stereocenters. The van der Waals surface area contributed by atoms with Gasteiger partial charge in [0.2, 0.25) is 11.8 Å². The van der Waals surface area contributed by atoms with Crippen LogP contribution in [0.3, 0.4) is 0 Å². The van der Waals surface area contributed by atoms with E-state index in [9.17, 15) is 14.4 Å². The Hall–Kier alpha value is -3.55. The van der Waals surface area contributed by atoms with Crippen molar-refractivity contribution in [3.63, 3.8) is 0 Å². The van der Waals surface area contributed by atoms with Crippen LogP contribution in [-0.4, -0.2) is 42.9 Å². The SMILES string of the molecule is COc1cc2c(cc1NC(=O)CCCN1C(=O)CNC1=O)oc1ccccc12. The molecule has 3 aromatic rings. The van der Waals surface area contributed by atoms with Crippen LogP contribution in [0.15, 0.2) is 40.8 Å². The Labute approximate surface area is 160 Å². The third-order valence-corrected chi connectivity index (χ3v) is 4.70. The van der Waals surface area contributed by atoms with Gasteiger partial charge in [0.05, 0.1) is 19.3 Å². The van der Waals surface area contributed by atoms with Gasteiger partial charge in [0, 0.05) is 29.8 Å². The summed E-state index contributed by atoms with van der Waals surface area (Å²) < 4.78 is 11.3. The highest BCUT2D eigenvalue weighted by atomic mass is 16.5. The molecule has 1 aromatic heterocycles. The van der Waals surface area contributed by atoms with Gasteiger partial charge in [0.1, 0.15) is 16.9 Å². The Morgan fingerprint density at radius 2 is 2.04 bits per heavy atom. The number of urea groups is 1. The van der Waals surface area contributed by atoms with Crippen LogP contribution in [0.2, 0.25) is 0 Å². The van der Waals surface area contributed by atoms with Gasteiger partial charge in [-0.05, 0) is 18.6 Å².